The van der Waals surface area contributed by atoms with Crippen molar-refractivity contribution < 1.29 is 4.79 Å². The number of nitrogens with one attached hydrogen (secondary N) is 2. The minimum Gasteiger partial charge on any atom is -0.353 e. The molecule has 3 nitrogen and oxygen atoms in total. The number of rotatable bonds is 4. The summed E-state index contributed by atoms with van der Waals surface area (Å²) in [6.45, 7) is 4.33. The van der Waals surface area contributed by atoms with Crippen LogP contribution in [0.15, 0.2) is 0 Å². The van der Waals surface area contributed by atoms with Gasteiger partial charge >= 0.3 is 0 Å². The molecule has 100 valence electrons. The molecule has 2 rings (SSSR count). The van der Waals surface area contributed by atoms with Crippen LogP contribution in [-0.2, 0) is 4.79 Å². The van der Waals surface area contributed by atoms with Gasteiger partial charge in [-0.25, -0.2) is 0 Å². The van der Waals surface area contributed by atoms with Crippen molar-refractivity contribution in [2.24, 2.45) is 5.92 Å². The van der Waals surface area contributed by atoms with Gasteiger partial charge in [0.2, 0.25) is 5.91 Å². The topological polar surface area (TPSA) is 41.1 Å². The summed E-state index contributed by atoms with van der Waals surface area (Å²) in [6, 6.07) is 1.75. The molecule has 1 amide bonds. The third-order valence-corrected chi connectivity index (χ3v) is 3.79. The van der Waals surface area contributed by atoms with Crippen LogP contribution in [0.5, 0.6) is 0 Å². The van der Waals surface area contributed by atoms with Crippen molar-refractivity contribution in [3.05, 3.63) is 0 Å². The highest BCUT2D eigenvalue weighted by Crippen LogP contribution is 2.26. The van der Waals surface area contributed by atoms with Crippen molar-refractivity contribution >= 4 is 18.3 Å². The molecule has 17 heavy (non-hydrogen) atoms. The summed E-state index contributed by atoms with van der Waals surface area (Å²) in [5.41, 5.74) is 0. The van der Waals surface area contributed by atoms with Crippen molar-refractivity contribution in [1.82, 2.24) is 10.6 Å². The van der Waals surface area contributed by atoms with Gasteiger partial charge in [-0.3, -0.25) is 4.79 Å². The van der Waals surface area contributed by atoms with Crippen LogP contribution in [0.25, 0.3) is 0 Å². The first-order valence-electron chi connectivity index (χ1n) is 6.69. The Labute approximate surface area is 111 Å². The molecule has 2 heterocycles. The number of carbonyl (C=O) groups is 1. The molecule has 0 aromatic heterocycles. The van der Waals surface area contributed by atoms with Gasteiger partial charge in [-0.1, -0.05) is 13.8 Å². The Morgan fingerprint density at radius 2 is 1.88 bits per heavy atom. The highest BCUT2D eigenvalue weighted by atomic mass is 35.5. The largest absolute Gasteiger partial charge is 0.353 e. The first-order valence-corrected chi connectivity index (χ1v) is 6.69. The average molecular weight is 261 g/mol. The van der Waals surface area contributed by atoms with Gasteiger partial charge in [0.25, 0.3) is 0 Å². The van der Waals surface area contributed by atoms with Crippen LogP contribution < -0.4 is 10.6 Å². The summed E-state index contributed by atoms with van der Waals surface area (Å²) >= 11 is 0. The van der Waals surface area contributed by atoms with Crippen LogP contribution in [-0.4, -0.2) is 24.0 Å². The molecule has 0 aromatic carbocycles. The first-order chi connectivity index (χ1) is 7.63. The second-order valence-corrected chi connectivity index (χ2v) is 5.81. The number of piperidine rings is 1. The standard InChI is InChI=1S/C13H24N2O.ClH/c1-9(2)3-6-13(16)15-12-7-10-4-5-11(8-12)14-10;/h9-12,14H,3-8H2,1-2H3,(H,15,16);1H. The van der Waals surface area contributed by atoms with E-state index in [-0.39, 0.29) is 18.3 Å². The van der Waals surface area contributed by atoms with E-state index in [2.05, 4.69) is 24.5 Å². The smallest absolute Gasteiger partial charge is 0.220 e. The Bertz CT molecular complexity index is 246. The van der Waals surface area contributed by atoms with Crippen LogP contribution in [0.4, 0.5) is 0 Å². The van der Waals surface area contributed by atoms with Gasteiger partial charge in [0.05, 0.1) is 0 Å². The summed E-state index contributed by atoms with van der Waals surface area (Å²) in [6.07, 6.45) is 6.54. The number of fused-ring (bicyclic) bond motifs is 2. The summed E-state index contributed by atoms with van der Waals surface area (Å²) in [7, 11) is 0. The lowest BCUT2D eigenvalue weighted by Gasteiger charge is -2.29. The highest BCUT2D eigenvalue weighted by Gasteiger charge is 2.33. The fraction of sp³-hybridized carbons (Fsp3) is 0.923. The van der Waals surface area contributed by atoms with Crippen LogP contribution in [0.2, 0.25) is 0 Å². The van der Waals surface area contributed by atoms with Gasteiger partial charge in [0.15, 0.2) is 0 Å². The molecule has 0 saturated carbocycles. The Morgan fingerprint density at radius 3 is 2.41 bits per heavy atom. The first kappa shape index (κ1) is 14.8. The van der Waals surface area contributed by atoms with Crippen LogP contribution in [0, 0.1) is 5.92 Å². The van der Waals surface area contributed by atoms with Crippen LogP contribution in [0.1, 0.15) is 52.4 Å². The lowest BCUT2D eigenvalue weighted by molar-refractivity contribution is -0.122. The lowest BCUT2D eigenvalue weighted by atomic mass is 9.99. The minimum atomic E-state index is 0. The third-order valence-electron chi connectivity index (χ3n) is 3.79. The van der Waals surface area contributed by atoms with E-state index < -0.39 is 0 Å². The normalized spacial score (nSPS) is 31.1. The van der Waals surface area contributed by atoms with E-state index in [0.717, 1.165) is 19.3 Å². The van der Waals surface area contributed by atoms with E-state index in [1.807, 2.05) is 0 Å². The van der Waals surface area contributed by atoms with E-state index in [0.29, 0.717) is 30.5 Å². The average Bonchev–Trinajstić information content (AvgIpc) is 2.55. The molecule has 2 N–H and O–H groups in total. The molecule has 0 aliphatic carbocycles. The van der Waals surface area contributed by atoms with Crippen molar-refractivity contribution in [1.29, 1.82) is 0 Å². The summed E-state index contributed by atoms with van der Waals surface area (Å²) < 4.78 is 0. The van der Waals surface area contributed by atoms with Gasteiger partial charge in [0.1, 0.15) is 0 Å². The number of halogens is 1. The van der Waals surface area contributed by atoms with E-state index in [1.165, 1.54) is 12.8 Å². The number of carbonyl (C=O) groups excluding carboxylic acids is 1. The van der Waals surface area contributed by atoms with Gasteiger partial charge < -0.3 is 10.6 Å². The molecular formula is C13H25ClN2O. The van der Waals surface area contributed by atoms with E-state index in [9.17, 15) is 4.79 Å². The fourth-order valence-electron chi connectivity index (χ4n) is 2.89. The fourth-order valence-corrected chi connectivity index (χ4v) is 2.89. The molecule has 2 aliphatic heterocycles. The zero-order valence-corrected chi connectivity index (χ0v) is 11.7. The second-order valence-electron chi connectivity index (χ2n) is 5.81. The quantitative estimate of drug-likeness (QED) is 0.814. The molecule has 2 atom stereocenters. The number of amides is 1. The van der Waals surface area contributed by atoms with Gasteiger partial charge in [-0.15, -0.1) is 12.4 Å². The molecule has 2 fully saturated rings. The predicted molar refractivity (Wildman–Crippen MR) is 72.4 cm³/mol. The van der Waals surface area contributed by atoms with Crippen molar-refractivity contribution in [3.8, 4) is 0 Å². The minimum absolute atomic E-state index is 0. The van der Waals surface area contributed by atoms with E-state index in [1.54, 1.807) is 0 Å². The van der Waals surface area contributed by atoms with Crippen molar-refractivity contribution in [2.45, 2.75) is 70.5 Å². The molecule has 0 aromatic rings. The Balaban J connectivity index is 0.00000144. The summed E-state index contributed by atoms with van der Waals surface area (Å²) in [5, 5.41) is 6.79. The van der Waals surface area contributed by atoms with Gasteiger partial charge in [-0.2, -0.15) is 0 Å². The second kappa shape index (κ2) is 6.60. The maximum absolute atomic E-state index is 11.7. The maximum Gasteiger partial charge on any atom is 0.220 e. The number of hydrogen-bond donors (Lipinski definition) is 2. The highest BCUT2D eigenvalue weighted by molar-refractivity contribution is 5.85. The molecule has 2 saturated heterocycles. The lowest BCUT2D eigenvalue weighted by Crippen LogP contribution is -2.48. The molecular weight excluding hydrogens is 236 g/mol. The SMILES string of the molecule is CC(C)CCC(=O)NC1CC2CCC(C1)N2.Cl. The van der Waals surface area contributed by atoms with Crippen molar-refractivity contribution in [2.75, 3.05) is 0 Å². The van der Waals surface area contributed by atoms with E-state index in [4.69, 9.17) is 0 Å². The summed E-state index contributed by atoms with van der Waals surface area (Å²) in [4.78, 5) is 11.7. The molecule has 4 heteroatoms. The van der Waals surface area contributed by atoms with Gasteiger partial charge in [0, 0.05) is 24.5 Å². The zero-order valence-electron chi connectivity index (χ0n) is 10.9. The Hall–Kier alpha value is -0.280. The molecule has 2 aliphatic rings. The van der Waals surface area contributed by atoms with Crippen LogP contribution in [0.3, 0.4) is 0 Å². The molecule has 0 spiro atoms. The molecule has 0 radical (unpaired) electrons. The zero-order chi connectivity index (χ0) is 11.5. The molecule has 2 bridgehead atoms. The van der Waals surface area contributed by atoms with Gasteiger partial charge in [-0.05, 0) is 38.0 Å². The monoisotopic (exact) mass is 260 g/mol. The Kier molecular flexibility index (Phi) is 5.74. The van der Waals surface area contributed by atoms with E-state index >= 15 is 0 Å². The van der Waals surface area contributed by atoms with Crippen molar-refractivity contribution in [3.63, 3.8) is 0 Å². The summed E-state index contributed by atoms with van der Waals surface area (Å²) in [5.74, 6) is 0.870. The third kappa shape index (κ3) is 4.47. The predicted octanol–water partition coefficient (Wildman–Crippen LogP) is 2.24. The maximum atomic E-state index is 11.7. The molecule has 2 unspecified atom stereocenters. The number of hydrogen-bond acceptors (Lipinski definition) is 2. The van der Waals surface area contributed by atoms with Crippen LogP contribution >= 0.6 is 12.4 Å². The Morgan fingerprint density at radius 1 is 1.29 bits per heavy atom.